The molecule has 1 aromatic carbocycles. The maximum Gasteiger partial charge on any atom is 0.263 e. The van der Waals surface area contributed by atoms with E-state index >= 15 is 0 Å². The highest BCUT2D eigenvalue weighted by Crippen LogP contribution is 2.31. The molecule has 1 fully saturated rings. The fraction of sp³-hybridized carbons (Fsp3) is 0.375. The fourth-order valence-electron chi connectivity index (χ4n) is 3.99. The number of nitrogens with zero attached hydrogens (tertiary/aromatic N) is 7. The van der Waals surface area contributed by atoms with Crippen LogP contribution in [0, 0.1) is 23.1 Å². The number of halogens is 1. The summed E-state index contributed by atoms with van der Waals surface area (Å²) in [6.07, 6.45) is 5.18. The van der Waals surface area contributed by atoms with Crippen LogP contribution < -0.4 is 15.4 Å². The largest absolute Gasteiger partial charge is 0.347 e. The van der Waals surface area contributed by atoms with Gasteiger partial charge in [-0.25, -0.2) is 19.3 Å². The van der Waals surface area contributed by atoms with E-state index in [1.165, 1.54) is 16.7 Å². The summed E-state index contributed by atoms with van der Waals surface area (Å²) in [6, 6.07) is 6.10. The van der Waals surface area contributed by atoms with Crippen LogP contribution in [0.2, 0.25) is 0 Å². The number of hydrogen-bond donors (Lipinski definition) is 0. The molecule has 1 aliphatic rings. The molecule has 0 amide bonds. The standard InChI is InChI=1S/C24H26FN7O/c1-15-7-9-32(10-8-15)24-29-21(16-5-6-17(12-26)19(25)11-16)20(22(33)31(24)4)18-13-27-23(28-14-18)30(2)3/h5-6,11,13-15H,7-10H2,1-4H3. The van der Waals surface area contributed by atoms with E-state index < -0.39 is 5.82 Å². The zero-order valence-electron chi connectivity index (χ0n) is 19.2. The lowest BCUT2D eigenvalue weighted by Crippen LogP contribution is -2.38. The summed E-state index contributed by atoms with van der Waals surface area (Å²) in [7, 11) is 5.36. The molecule has 3 aromatic rings. The van der Waals surface area contributed by atoms with Gasteiger partial charge in [-0.1, -0.05) is 13.0 Å². The van der Waals surface area contributed by atoms with Crippen molar-refractivity contribution in [3.8, 4) is 28.5 Å². The second kappa shape index (κ2) is 8.98. The van der Waals surface area contributed by atoms with Crippen LogP contribution in [0.15, 0.2) is 35.4 Å². The summed E-state index contributed by atoms with van der Waals surface area (Å²) in [5.41, 5.74) is 1.22. The Morgan fingerprint density at radius 3 is 2.39 bits per heavy atom. The molecule has 2 aromatic heterocycles. The van der Waals surface area contributed by atoms with E-state index in [1.807, 2.05) is 20.2 Å². The van der Waals surface area contributed by atoms with Gasteiger partial charge in [0.1, 0.15) is 11.9 Å². The Morgan fingerprint density at radius 1 is 1.15 bits per heavy atom. The highest BCUT2D eigenvalue weighted by Gasteiger charge is 2.24. The van der Waals surface area contributed by atoms with E-state index in [9.17, 15) is 9.18 Å². The van der Waals surface area contributed by atoms with Gasteiger partial charge in [0.05, 0.1) is 16.8 Å². The predicted molar refractivity (Wildman–Crippen MR) is 126 cm³/mol. The maximum atomic E-state index is 14.5. The molecule has 0 saturated carbocycles. The van der Waals surface area contributed by atoms with E-state index in [0.717, 1.165) is 25.9 Å². The topological polar surface area (TPSA) is 90.9 Å². The fourth-order valence-corrected chi connectivity index (χ4v) is 3.99. The van der Waals surface area contributed by atoms with Gasteiger partial charge in [-0.05, 0) is 30.9 Å². The van der Waals surface area contributed by atoms with Crippen molar-refractivity contribution in [1.82, 2.24) is 19.5 Å². The van der Waals surface area contributed by atoms with Gasteiger partial charge in [0.25, 0.3) is 5.56 Å². The molecule has 170 valence electrons. The average Bonchev–Trinajstić information content (AvgIpc) is 2.81. The summed E-state index contributed by atoms with van der Waals surface area (Å²) < 4.78 is 16.1. The third kappa shape index (κ3) is 4.29. The number of benzene rings is 1. The molecule has 0 aliphatic carbocycles. The number of aromatic nitrogens is 4. The average molecular weight is 448 g/mol. The Kier molecular flexibility index (Phi) is 6.09. The number of nitriles is 1. The van der Waals surface area contributed by atoms with Crippen LogP contribution in [0.1, 0.15) is 25.3 Å². The lowest BCUT2D eigenvalue weighted by molar-refractivity contribution is 0.431. The van der Waals surface area contributed by atoms with Gasteiger partial charge in [0.2, 0.25) is 11.9 Å². The first-order valence-electron chi connectivity index (χ1n) is 10.9. The van der Waals surface area contributed by atoms with Gasteiger partial charge in [-0.15, -0.1) is 0 Å². The molecule has 0 atom stereocenters. The first kappa shape index (κ1) is 22.4. The third-order valence-electron chi connectivity index (χ3n) is 6.02. The second-order valence-corrected chi connectivity index (χ2v) is 8.64. The normalized spacial score (nSPS) is 14.2. The summed E-state index contributed by atoms with van der Waals surface area (Å²) in [4.78, 5) is 31.0. The van der Waals surface area contributed by atoms with Gasteiger partial charge >= 0.3 is 0 Å². The number of hydrogen-bond acceptors (Lipinski definition) is 7. The quantitative estimate of drug-likeness (QED) is 0.606. The van der Waals surface area contributed by atoms with Gasteiger partial charge in [-0.3, -0.25) is 9.36 Å². The SMILES string of the molecule is CC1CCN(c2nc(-c3ccc(C#N)c(F)c3)c(-c3cnc(N(C)C)nc3)c(=O)n2C)CC1. The lowest BCUT2D eigenvalue weighted by atomic mass is 9.99. The van der Waals surface area contributed by atoms with Crippen LogP contribution in [-0.2, 0) is 7.05 Å². The van der Waals surface area contributed by atoms with Gasteiger partial charge in [0, 0.05) is 57.8 Å². The van der Waals surface area contributed by atoms with E-state index in [2.05, 4.69) is 21.8 Å². The molecule has 1 saturated heterocycles. The Bertz CT molecular complexity index is 1270. The number of rotatable bonds is 4. The molecule has 0 unspecified atom stereocenters. The van der Waals surface area contributed by atoms with Crippen molar-refractivity contribution in [3.05, 3.63) is 52.3 Å². The van der Waals surface area contributed by atoms with Crippen molar-refractivity contribution in [2.75, 3.05) is 37.0 Å². The zero-order valence-corrected chi connectivity index (χ0v) is 19.2. The smallest absolute Gasteiger partial charge is 0.263 e. The molecule has 33 heavy (non-hydrogen) atoms. The Hall–Kier alpha value is -3.80. The summed E-state index contributed by atoms with van der Waals surface area (Å²) >= 11 is 0. The first-order valence-corrected chi connectivity index (χ1v) is 10.9. The van der Waals surface area contributed by atoms with Crippen molar-refractivity contribution in [1.29, 1.82) is 5.26 Å². The molecule has 8 nitrogen and oxygen atoms in total. The molecule has 9 heteroatoms. The monoisotopic (exact) mass is 447 g/mol. The van der Waals surface area contributed by atoms with Crippen molar-refractivity contribution in [2.24, 2.45) is 13.0 Å². The summed E-state index contributed by atoms with van der Waals surface area (Å²) in [5, 5.41) is 9.11. The van der Waals surface area contributed by atoms with Crippen molar-refractivity contribution in [2.45, 2.75) is 19.8 Å². The van der Waals surface area contributed by atoms with Crippen LogP contribution in [0.25, 0.3) is 22.4 Å². The van der Waals surface area contributed by atoms with Crippen molar-refractivity contribution in [3.63, 3.8) is 0 Å². The van der Waals surface area contributed by atoms with Crippen LogP contribution >= 0.6 is 0 Å². The van der Waals surface area contributed by atoms with Gasteiger partial charge in [-0.2, -0.15) is 5.26 Å². The molecule has 0 bridgehead atoms. The molecule has 0 spiro atoms. The van der Waals surface area contributed by atoms with Crippen molar-refractivity contribution < 1.29 is 4.39 Å². The molecule has 3 heterocycles. The van der Waals surface area contributed by atoms with E-state index in [0.29, 0.717) is 40.2 Å². The minimum Gasteiger partial charge on any atom is -0.347 e. The van der Waals surface area contributed by atoms with E-state index in [4.69, 9.17) is 10.2 Å². The van der Waals surface area contributed by atoms with Gasteiger partial charge in [0.15, 0.2) is 0 Å². The van der Waals surface area contributed by atoms with Crippen LogP contribution in [0.4, 0.5) is 16.3 Å². The molecular formula is C24H26FN7O. The third-order valence-corrected chi connectivity index (χ3v) is 6.02. The molecule has 0 N–H and O–H groups in total. The predicted octanol–water partition coefficient (Wildman–Crippen LogP) is 3.22. The van der Waals surface area contributed by atoms with Crippen LogP contribution in [0.5, 0.6) is 0 Å². The molecule has 4 rings (SSSR count). The number of anilines is 2. The Morgan fingerprint density at radius 2 is 1.82 bits per heavy atom. The maximum absolute atomic E-state index is 14.5. The molecule has 0 radical (unpaired) electrons. The van der Waals surface area contributed by atoms with Crippen LogP contribution in [0.3, 0.4) is 0 Å². The van der Waals surface area contributed by atoms with E-state index in [-0.39, 0.29) is 11.1 Å². The van der Waals surface area contributed by atoms with Gasteiger partial charge < -0.3 is 9.80 Å². The summed E-state index contributed by atoms with van der Waals surface area (Å²) in [6.45, 7) is 3.81. The Labute approximate surface area is 192 Å². The summed E-state index contributed by atoms with van der Waals surface area (Å²) in [5.74, 6) is 1.02. The second-order valence-electron chi connectivity index (χ2n) is 8.64. The first-order chi connectivity index (χ1) is 15.8. The van der Waals surface area contributed by atoms with Crippen molar-refractivity contribution >= 4 is 11.9 Å². The van der Waals surface area contributed by atoms with Crippen LogP contribution in [-0.4, -0.2) is 46.7 Å². The highest BCUT2D eigenvalue weighted by molar-refractivity contribution is 5.80. The molecular weight excluding hydrogens is 421 g/mol. The minimum absolute atomic E-state index is 0.0620. The lowest BCUT2D eigenvalue weighted by Gasteiger charge is -2.32. The highest BCUT2D eigenvalue weighted by atomic mass is 19.1. The number of piperidine rings is 1. The molecule has 1 aliphatic heterocycles. The zero-order chi connectivity index (χ0) is 23.7. The van der Waals surface area contributed by atoms with E-state index in [1.54, 1.807) is 30.4 Å². The minimum atomic E-state index is -0.656. The Balaban J connectivity index is 1.93.